The van der Waals surface area contributed by atoms with Crippen LogP contribution < -0.4 is 10.6 Å². The number of rotatable bonds is 3. The van der Waals surface area contributed by atoms with Gasteiger partial charge in [0.1, 0.15) is 5.54 Å². The molecule has 0 radical (unpaired) electrons. The average Bonchev–Trinajstić information content (AvgIpc) is 2.18. The van der Waals surface area contributed by atoms with E-state index in [9.17, 15) is 14.4 Å². The minimum Gasteiger partial charge on any atom is -0.481 e. The molecule has 1 saturated heterocycles. The number of hydrogen-bond acceptors (Lipinski definition) is 3. The summed E-state index contributed by atoms with van der Waals surface area (Å²) in [6, 6.07) is -0.425. The summed E-state index contributed by atoms with van der Waals surface area (Å²) in [5.41, 5.74) is -1.81. The quantitative estimate of drug-likeness (QED) is 0.681. The zero-order chi connectivity index (χ0) is 14.8. The largest absolute Gasteiger partial charge is 0.481 e. The van der Waals surface area contributed by atoms with Crippen LogP contribution in [0, 0.1) is 0 Å². The van der Waals surface area contributed by atoms with E-state index < -0.39 is 23.1 Å². The third-order valence-corrected chi connectivity index (χ3v) is 3.14. The van der Waals surface area contributed by atoms with Crippen LogP contribution in [-0.4, -0.2) is 52.1 Å². The number of carboxylic acid groups (broad SMARTS) is 1. The molecule has 3 N–H and O–H groups in total. The minimum absolute atomic E-state index is 0.181. The Morgan fingerprint density at radius 2 is 2.05 bits per heavy atom. The molecule has 0 saturated carbocycles. The van der Waals surface area contributed by atoms with E-state index in [1.54, 1.807) is 27.7 Å². The summed E-state index contributed by atoms with van der Waals surface area (Å²) in [6.07, 6.45) is -0.181. The van der Waals surface area contributed by atoms with Crippen LogP contribution in [0.1, 0.15) is 34.1 Å². The van der Waals surface area contributed by atoms with Gasteiger partial charge in [-0.2, -0.15) is 0 Å². The van der Waals surface area contributed by atoms with Crippen LogP contribution in [-0.2, 0) is 9.59 Å². The molecule has 0 bridgehead atoms. The average molecular weight is 271 g/mol. The van der Waals surface area contributed by atoms with Crippen molar-refractivity contribution >= 4 is 17.9 Å². The lowest BCUT2D eigenvalue weighted by Crippen LogP contribution is -2.66. The summed E-state index contributed by atoms with van der Waals surface area (Å²) in [5, 5.41) is 14.1. The lowest BCUT2D eigenvalue weighted by molar-refractivity contribution is -0.138. The topological polar surface area (TPSA) is 98.7 Å². The fourth-order valence-electron chi connectivity index (χ4n) is 2.03. The van der Waals surface area contributed by atoms with Gasteiger partial charge in [-0.1, -0.05) is 0 Å². The fourth-order valence-corrected chi connectivity index (χ4v) is 2.03. The van der Waals surface area contributed by atoms with E-state index in [-0.39, 0.29) is 12.3 Å². The predicted molar refractivity (Wildman–Crippen MR) is 68.7 cm³/mol. The Balaban J connectivity index is 2.77. The van der Waals surface area contributed by atoms with Crippen LogP contribution in [0.4, 0.5) is 4.79 Å². The first-order valence-electron chi connectivity index (χ1n) is 6.16. The van der Waals surface area contributed by atoms with Crippen LogP contribution in [0.2, 0.25) is 0 Å². The Morgan fingerprint density at radius 1 is 1.47 bits per heavy atom. The van der Waals surface area contributed by atoms with E-state index >= 15 is 0 Å². The number of aliphatic carboxylic acids is 1. The number of amides is 3. The molecule has 108 valence electrons. The van der Waals surface area contributed by atoms with Crippen LogP contribution >= 0.6 is 0 Å². The summed E-state index contributed by atoms with van der Waals surface area (Å²) >= 11 is 0. The van der Waals surface area contributed by atoms with Gasteiger partial charge in [0.2, 0.25) is 5.91 Å². The summed E-state index contributed by atoms with van der Waals surface area (Å²) in [5.74, 6) is -1.20. The molecule has 0 aliphatic carbocycles. The molecule has 1 fully saturated rings. The maximum absolute atomic E-state index is 12.2. The van der Waals surface area contributed by atoms with Crippen molar-refractivity contribution in [2.24, 2.45) is 0 Å². The van der Waals surface area contributed by atoms with Gasteiger partial charge in [0.15, 0.2) is 0 Å². The number of nitrogens with zero attached hydrogens (tertiary/aromatic N) is 1. The Morgan fingerprint density at radius 3 is 2.58 bits per heavy atom. The normalized spacial score (nSPS) is 18.7. The molecular weight excluding hydrogens is 250 g/mol. The van der Waals surface area contributed by atoms with Crippen molar-refractivity contribution in [1.29, 1.82) is 0 Å². The monoisotopic (exact) mass is 271 g/mol. The van der Waals surface area contributed by atoms with Crippen LogP contribution in [0.5, 0.6) is 0 Å². The molecule has 1 aliphatic rings. The number of hydrogen-bond donors (Lipinski definition) is 3. The first-order valence-corrected chi connectivity index (χ1v) is 6.16. The first kappa shape index (κ1) is 15.3. The summed E-state index contributed by atoms with van der Waals surface area (Å²) in [6.45, 7) is 7.38. The Hall–Kier alpha value is -1.79. The van der Waals surface area contributed by atoms with Crippen molar-refractivity contribution in [1.82, 2.24) is 15.5 Å². The van der Waals surface area contributed by atoms with Gasteiger partial charge in [0, 0.05) is 18.6 Å². The minimum atomic E-state index is -0.985. The lowest BCUT2D eigenvalue weighted by atomic mass is 9.98. The number of carbonyl (C=O) groups excluding carboxylic acids is 2. The zero-order valence-electron chi connectivity index (χ0n) is 11.7. The molecule has 7 nitrogen and oxygen atoms in total. The molecule has 0 spiro atoms. The molecule has 1 heterocycles. The van der Waals surface area contributed by atoms with Crippen molar-refractivity contribution in [2.45, 2.75) is 45.2 Å². The zero-order valence-corrected chi connectivity index (χ0v) is 11.7. The predicted octanol–water partition coefficient (Wildman–Crippen LogP) is 0.160. The maximum Gasteiger partial charge on any atom is 0.318 e. The molecule has 0 aromatic rings. The van der Waals surface area contributed by atoms with Gasteiger partial charge < -0.3 is 20.6 Å². The maximum atomic E-state index is 12.2. The van der Waals surface area contributed by atoms with Crippen molar-refractivity contribution in [3.63, 3.8) is 0 Å². The van der Waals surface area contributed by atoms with Gasteiger partial charge in [0.25, 0.3) is 0 Å². The number of carboxylic acids is 1. The highest BCUT2D eigenvalue weighted by atomic mass is 16.4. The van der Waals surface area contributed by atoms with Gasteiger partial charge in [-0.05, 0) is 27.7 Å². The summed E-state index contributed by atoms with van der Waals surface area (Å²) in [7, 11) is 0. The number of nitrogens with one attached hydrogen (secondary N) is 2. The lowest BCUT2D eigenvalue weighted by Gasteiger charge is -2.42. The van der Waals surface area contributed by atoms with Crippen LogP contribution in [0.3, 0.4) is 0 Å². The van der Waals surface area contributed by atoms with E-state index in [1.165, 1.54) is 4.90 Å². The molecule has 0 unspecified atom stereocenters. The smallest absolute Gasteiger partial charge is 0.318 e. The number of urea groups is 1. The SMILES string of the molecule is CC(C)(CC(=O)O)NC(=O)N1CCNC(=O)C1(C)C. The standard InChI is InChI=1S/C12H21N3O4/c1-11(2,7-8(16)17)14-10(19)15-6-5-13-9(18)12(15,3)4/h5-7H2,1-4H3,(H,13,18)(H,14,19)(H,16,17). The van der Waals surface area contributed by atoms with Crippen LogP contribution in [0.15, 0.2) is 0 Å². The molecule has 7 heteroatoms. The molecule has 3 amide bonds. The van der Waals surface area contributed by atoms with Crippen molar-refractivity contribution in [2.75, 3.05) is 13.1 Å². The Kier molecular flexibility index (Phi) is 4.07. The van der Waals surface area contributed by atoms with E-state index in [0.29, 0.717) is 13.1 Å². The van der Waals surface area contributed by atoms with E-state index in [4.69, 9.17) is 5.11 Å². The van der Waals surface area contributed by atoms with Crippen LogP contribution in [0.25, 0.3) is 0 Å². The van der Waals surface area contributed by atoms with E-state index in [0.717, 1.165) is 0 Å². The third kappa shape index (κ3) is 3.59. The highest BCUT2D eigenvalue weighted by molar-refractivity contribution is 5.91. The second-order valence-corrected chi connectivity index (χ2v) is 5.85. The molecule has 1 aliphatic heterocycles. The highest BCUT2D eigenvalue weighted by Crippen LogP contribution is 2.19. The Bertz CT molecular complexity index is 404. The highest BCUT2D eigenvalue weighted by Gasteiger charge is 2.41. The van der Waals surface area contributed by atoms with Crippen molar-refractivity contribution in [3.05, 3.63) is 0 Å². The molecule has 0 aromatic carbocycles. The van der Waals surface area contributed by atoms with E-state index in [2.05, 4.69) is 10.6 Å². The summed E-state index contributed by atoms with van der Waals surface area (Å²) < 4.78 is 0. The van der Waals surface area contributed by atoms with Crippen molar-refractivity contribution in [3.8, 4) is 0 Å². The number of piperazine rings is 1. The number of carbonyl (C=O) groups is 3. The molecular formula is C12H21N3O4. The van der Waals surface area contributed by atoms with Gasteiger partial charge >= 0.3 is 12.0 Å². The second kappa shape index (κ2) is 5.07. The molecule has 1 rings (SSSR count). The van der Waals surface area contributed by atoms with Gasteiger partial charge in [-0.15, -0.1) is 0 Å². The molecule has 0 atom stereocenters. The molecule has 0 aromatic heterocycles. The second-order valence-electron chi connectivity index (χ2n) is 5.85. The summed E-state index contributed by atoms with van der Waals surface area (Å²) in [4.78, 5) is 36.1. The third-order valence-electron chi connectivity index (χ3n) is 3.14. The van der Waals surface area contributed by atoms with Crippen molar-refractivity contribution < 1.29 is 19.5 Å². The van der Waals surface area contributed by atoms with Gasteiger partial charge in [0.05, 0.1) is 6.42 Å². The van der Waals surface area contributed by atoms with Gasteiger partial charge in [-0.3, -0.25) is 9.59 Å². The van der Waals surface area contributed by atoms with E-state index in [1.807, 2.05) is 0 Å². The molecule has 19 heavy (non-hydrogen) atoms. The van der Waals surface area contributed by atoms with Gasteiger partial charge in [-0.25, -0.2) is 4.79 Å². The fraction of sp³-hybridized carbons (Fsp3) is 0.750. The Labute approximate surface area is 112 Å². The first-order chi connectivity index (χ1) is 8.56.